The summed E-state index contributed by atoms with van der Waals surface area (Å²) >= 11 is 11.6. The van der Waals surface area contributed by atoms with Gasteiger partial charge >= 0.3 is 0 Å². The summed E-state index contributed by atoms with van der Waals surface area (Å²) in [6, 6.07) is 9.52. The highest BCUT2D eigenvalue weighted by Gasteiger charge is 2.26. The van der Waals surface area contributed by atoms with Crippen molar-refractivity contribution in [3.8, 4) is 5.88 Å². The zero-order chi connectivity index (χ0) is 17.9. The Morgan fingerprint density at radius 3 is 2.20 bits per heavy atom. The van der Waals surface area contributed by atoms with Crippen molar-refractivity contribution in [2.75, 3.05) is 0 Å². The van der Waals surface area contributed by atoms with E-state index in [1.807, 2.05) is 0 Å². The number of aromatic nitrogens is 1. The predicted octanol–water partition coefficient (Wildman–Crippen LogP) is 4.06. The van der Waals surface area contributed by atoms with Gasteiger partial charge in [0.2, 0.25) is 15.9 Å². The van der Waals surface area contributed by atoms with Gasteiger partial charge in [0.05, 0.1) is 9.92 Å². The lowest BCUT2D eigenvalue weighted by Gasteiger charge is -2.29. The summed E-state index contributed by atoms with van der Waals surface area (Å²) in [6.07, 6.45) is 4.53. The third-order valence-corrected chi connectivity index (χ3v) is 6.12. The number of nitrogens with one attached hydrogen (secondary N) is 1. The van der Waals surface area contributed by atoms with Crippen LogP contribution in [0.25, 0.3) is 0 Å². The molecular formula is C17H18Cl2N2O3S. The third kappa shape index (κ3) is 5.07. The number of hydrogen-bond acceptors (Lipinski definition) is 4. The molecule has 5 nitrogen and oxygen atoms in total. The summed E-state index contributed by atoms with van der Waals surface area (Å²) in [5.41, 5.74) is 0. The highest BCUT2D eigenvalue weighted by molar-refractivity contribution is 7.89. The molecule has 1 aromatic heterocycles. The summed E-state index contributed by atoms with van der Waals surface area (Å²) in [7, 11) is -3.53. The normalized spacial score (nSPS) is 21.0. The van der Waals surface area contributed by atoms with Crippen LogP contribution < -0.4 is 9.46 Å². The Morgan fingerprint density at radius 2 is 1.60 bits per heavy atom. The predicted molar refractivity (Wildman–Crippen MR) is 97.7 cm³/mol. The molecule has 0 bridgehead atoms. The Hall–Kier alpha value is -1.34. The van der Waals surface area contributed by atoms with Crippen LogP contribution in [0.1, 0.15) is 25.7 Å². The van der Waals surface area contributed by atoms with Crippen molar-refractivity contribution < 1.29 is 13.2 Å². The first kappa shape index (κ1) is 18.5. The van der Waals surface area contributed by atoms with E-state index in [0.717, 1.165) is 12.8 Å². The van der Waals surface area contributed by atoms with Crippen LogP contribution in [0.15, 0.2) is 47.5 Å². The van der Waals surface area contributed by atoms with E-state index in [1.165, 1.54) is 12.1 Å². The van der Waals surface area contributed by atoms with E-state index in [4.69, 9.17) is 27.9 Å². The Morgan fingerprint density at radius 1 is 0.960 bits per heavy atom. The minimum Gasteiger partial charge on any atom is -0.474 e. The molecule has 1 aliphatic rings. The van der Waals surface area contributed by atoms with Crippen molar-refractivity contribution in [1.82, 2.24) is 9.71 Å². The summed E-state index contributed by atoms with van der Waals surface area (Å²) in [4.78, 5) is 4.34. The molecule has 1 N–H and O–H groups in total. The van der Waals surface area contributed by atoms with E-state index in [-0.39, 0.29) is 17.0 Å². The van der Waals surface area contributed by atoms with E-state index in [9.17, 15) is 8.42 Å². The molecule has 0 aliphatic heterocycles. The molecule has 0 spiro atoms. The maximum atomic E-state index is 12.4. The number of nitrogens with zero attached hydrogens (tertiary/aromatic N) is 1. The number of halogens is 2. The second kappa shape index (κ2) is 7.91. The maximum absolute atomic E-state index is 12.4. The van der Waals surface area contributed by atoms with Crippen molar-refractivity contribution in [2.24, 2.45) is 0 Å². The van der Waals surface area contributed by atoms with Crippen LogP contribution in [0.4, 0.5) is 0 Å². The Bertz CT molecular complexity index is 803. The van der Waals surface area contributed by atoms with E-state index in [0.29, 0.717) is 28.8 Å². The first-order valence-electron chi connectivity index (χ1n) is 7.98. The fourth-order valence-corrected chi connectivity index (χ4v) is 4.35. The van der Waals surface area contributed by atoms with E-state index >= 15 is 0 Å². The van der Waals surface area contributed by atoms with Gasteiger partial charge in [-0.05, 0) is 56.0 Å². The lowest BCUT2D eigenvalue weighted by atomic mass is 9.94. The molecule has 0 unspecified atom stereocenters. The van der Waals surface area contributed by atoms with E-state index in [1.54, 1.807) is 30.5 Å². The van der Waals surface area contributed by atoms with Crippen LogP contribution in [0.2, 0.25) is 10.0 Å². The summed E-state index contributed by atoms with van der Waals surface area (Å²) in [5, 5.41) is 1.07. The second-order valence-electron chi connectivity index (χ2n) is 5.98. The molecule has 1 fully saturated rings. The molecule has 0 amide bonds. The molecule has 0 atom stereocenters. The fourth-order valence-electron chi connectivity index (χ4n) is 2.80. The third-order valence-electron chi connectivity index (χ3n) is 4.11. The highest BCUT2D eigenvalue weighted by Crippen LogP contribution is 2.25. The van der Waals surface area contributed by atoms with Gasteiger partial charge in [0.25, 0.3) is 0 Å². The average Bonchev–Trinajstić information content (AvgIpc) is 2.59. The van der Waals surface area contributed by atoms with Gasteiger partial charge < -0.3 is 4.74 Å². The Labute approximate surface area is 157 Å². The van der Waals surface area contributed by atoms with Crippen molar-refractivity contribution in [3.05, 3.63) is 52.6 Å². The van der Waals surface area contributed by atoms with Gasteiger partial charge in [0.15, 0.2) is 0 Å². The number of rotatable bonds is 5. The van der Waals surface area contributed by atoms with Crippen LogP contribution in [0.5, 0.6) is 5.88 Å². The zero-order valence-electron chi connectivity index (χ0n) is 13.4. The first-order valence-corrected chi connectivity index (χ1v) is 10.2. The number of benzene rings is 1. The summed E-state index contributed by atoms with van der Waals surface area (Å²) in [5.74, 6) is 0.537. The van der Waals surface area contributed by atoms with Gasteiger partial charge in [0, 0.05) is 23.3 Å². The molecular weight excluding hydrogens is 383 g/mol. The first-order chi connectivity index (χ1) is 11.9. The topological polar surface area (TPSA) is 68.3 Å². The Balaban J connectivity index is 1.53. The van der Waals surface area contributed by atoms with Gasteiger partial charge in [-0.25, -0.2) is 18.1 Å². The largest absolute Gasteiger partial charge is 0.474 e. The van der Waals surface area contributed by atoms with Crippen LogP contribution in [0.3, 0.4) is 0 Å². The zero-order valence-corrected chi connectivity index (χ0v) is 15.7. The quantitative estimate of drug-likeness (QED) is 0.821. The molecule has 2 aromatic rings. The molecule has 3 rings (SSSR count). The lowest BCUT2D eigenvalue weighted by molar-refractivity contribution is 0.138. The Kier molecular flexibility index (Phi) is 5.84. The number of pyridine rings is 1. The fraction of sp³-hybridized carbons (Fsp3) is 0.353. The molecule has 1 heterocycles. The molecule has 1 aromatic carbocycles. The number of hydrogen-bond donors (Lipinski definition) is 1. The summed E-state index contributed by atoms with van der Waals surface area (Å²) < 4.78 is 33.4. The highest BCUT2D eigenvalue weighted by atomic mass is 35.5. The molecule has 25 heavy (non-hydrogen) atoms. The molecule has 8 heteroatoms. The van der Waals surface area contributed by atoms with Crippen LogP contribution in [-0.4, -0.2) is 25.5 Å². The van der Waals surface area contributed by atoms with Gasteiger partial charge in [-0.2, -0.15) is 0 Å². The smallest absolute Gasteiger partial charge is 0.240 e. The lowest BCUT2D eigenvalue weighted by Crippen LogP contribution is -2.39. The molecule has 1 aliphatic carbocycles. The molecule has 1 saturated carbocycles. The molecule has 134 valence electrons. The van der Waals surface area contributed by atoms with Crippen LogP contribution in [-0.2, 0) is 10.0 Å². The molecule has 0 saturated heterocycles. The van der Waals surface area contributed by atoms with Gasteiger partial charge in [-0.1, -0.05) is 23.2 Å². The van der Waals surface area contributed by atoms with Crippen molar-refractivity contribution in [3.63, 3.8) is 0 Å². The van der Waals surface area contributed by atoms with Crippen molar-refractivity contribution in [2.45, 2.75) is 42.7 Å². The average molecular weight is 401 g/mol. The van der Waals surface area contributed by atoms with Crippen molar-refractivity contribution in [1.29, 1.82) is 0 Å². The van der Waals surface area contributed by atoms with Gasteiger partial charge in [-0.15, -0.1) is 0 Å². The van der Waals surface area contributed by atoms with E-state index in [2.05, 4.69) is 9.71 Å². The standard InChI is InChI=1S/C17H18Cl2N2O3S/c18-12-1-8-16(9-2-12)25(22,23)21-14-4-6-15(7-5-14)24-17-10-3-13(19)11-20-17/h1-3,8-11,14-15,21H,4-7H2. The van der Waals surface area contributed by atoms with Crippen LogP contribution in [0, 0.1) is 0 Å². The van der Waals surface area contributed by atoms with E-state index < -0.39 is 10.0 Å². The van der Waals surface area contributed by atoms with Gasteiger partial charge in [0.1, 0.15) is 6.10 Å². The maximum Gasteiger partial charge on any atom is 0.240 e. The van der Waals surface area contributed by atoms with Gasteiger partial charge in [-0.3, -0.25) is 0 Å². The minimum atomic E-state index is -3.53. The van der Waals surface area contributed by atoms with Crippen molar-refractivity contribution >= 4 is 33.2 Å². The number of sulfonamides is 1. The molecule has 0 radical (unpaired) electrons. The van der Waals surface area contributed by atoms with Crippen LogP contribution >= 0.6 is 23.2 Å². The monoisotopic (exact) mass is 400 g/mol. The number of ether oxygens (including phenoxy) is 1. The second-order valence-corrected chi connectivity index (χ2v) is 8.57. The minimum absolute atomic E-state index is 0.0324. The summed E-state index contributed by atoms with van der Waals surface area (Å²) in [6.45, 7) is 0. The SMILES string of the molecule is O=S(=O)(NC1CCC(Oc2ccc(Cl)cn2)CC1)c1ccc(Cl)cc1.